The van der Waals surface area contributed by atoms with Crippen molar-refractivity contribution < 1.29 is 19.1 Å². The lowest BCUT2D eigenvalue weighted by Gasteiger charge is -2.32. The zero-order chi connectivity index (χ0) is 21.1. The van der Waals surface area contributed by atoms with Crippen LogP contribution in [-0.4, -0.2) is 57.3 Å². The first kappa shape index (κ1) is 20.5. The van der Waals surface area contributed by atoms with Crippen LogP contribution >= 0.6 is 0 Å². The summed E-state index contributed by atoms with van der Waals surface area (Å²) in [4.78, 5) is 50.6. The summed E-state index contributed by atoms with van der Waals surface area (Å²) < 4.78 is 4.74. The number of aromatic amines is 1. The second-order valence-corrected chi connectivity index (χ2v) is 7.14. The number of aromatic nitrogens is 3. The van der Waals surface area contributed by atoms with E-state index in [9.17, 15) is 14.4 Å². The fourth-order valence-electron chi connectivity index (χ4n) is 3.65. The van der Waals surface area contributed by atoms with E-state index in [1.807, 2.05) is 0 Å². The predicted molar refractivity (Wildman–Crippen MR) is 104 cm³/mol. The summed E-state index contributed by atoms with van der Waals surface area (Å²) in [6.07, 6.45) is 3.01. The summed E-state index contributed by atoms with van der Waals surface area (Å²) in [5, 5.41) is 2.83. The van der Waals surface area contributed by atoms with Crippen LogP contribution in [0.15, 0.2) is 12.3 Å². The fourth-order valence-corrected chi connectivity index (χ4v) is 3.65. The molecular weight excluding hydrogens is 374 g/mol. The van der Waals surface area contributed by atoms with Gasteiger partial charge < -0.3 is 19.9 Å². The van der Waals surface area contributed by atoms with Crippen LogP contribution in [0.25, 0.3) is 0 Å². The van der Waals surface area contributed by atoms with Crippen molar-refractivity contribution in [1.29, 1.82) is 0 Å². The summed E-state index contributed by atoms with van der Waals surface area (Å²) in [6, 6.07) is 1.16. The first-order chi connectivity index (χ1) is 13.8. The lowest BCUT2D eigenvalue weighted by molar-refractivity contribution is -0.136. The molecule has 0 aliphatic carbocycles. The highest BCUT2D eigenvalue weighted by molar-refractivity contribution is 6.02. The number of methoxy groups -OCH3 is 1. The first-order valence-corrected chi connectivity index (χ1v) is 9.47. The number of nitrogens with one attached hydrogen (secondary N) is 2. The van der Waals surface area contributed by atoms with Gasteiger partial charge in [-0.3, -0.25) is 9.59 Å². The number of ether oxygens (including phenoxy) is 1. The van der Waals surface area contributed by atoms with Crippen LogP contribution in [0.2, 0.25) is 0 Å². The van der Waals surface area contributed by atoms with Crippen molar-refractivity contribution in [2.24, 2.45) is 0 Å². The van der Waals surface area contributed by atoms with Crippen molar-refractivity contribution in [3.05, 3.63) is 46.3 Å². The maximum absolute atomic E-state index is 12.9. The van der Waals surface area contributed by atoms with Gasteiger partial charge in [-0.25, -0.2) is 14.8 Å². The Kier molecular flexibility index (Phi) is 5.95. The number of hydrogen-bond donors (Lipinski definition) is 2. The molecule has 3 rings (SSSR count). The maximum atomic E-state index is 12.9. The smallest absolute Gasteiger partial charge is 0.354 e. The van der Waals surface area contributed by atoms with Gasteiger partial charge in [-0.05, 0) is 45.2 Å². The highest BCUT2D eigenvalue weighted by Crippen LogP contribution is 2.20. The van der Waals surface area contributed by atoms with Crippen molar-refractivity contribution in [2.75, 3.05) is 13.7 Å². The first-order valence-electron chi connectivity index (χ1n) is 9.47. The van der Waals surface area contributed by atoms with Crippen LogP contribution < -0.4 is 5.32 Å². The molecule has 29 heavy (non-hydrogen) atoms. The number of aryl methyl sites for hydroxylation is 2. The Bertz CT molecular complexity index is 952. The number of piperidine rings is 1. The number of carbonyl (C=O) groups excluding carboxylic acids is 3. The highest BCUT2D eigenvalue weighted by atomic mass is 16.5. The van der Waals surface area contributed by atoms with E-state index in [0.29, 0.717) is 42.2 Å². The molecule has 2 aromatic rings. The molecule has 2 N–H and O–H groups in total. The van der Waals surface area contributed by atoms with E-state index in [0.717, 1.165) is 12.1 Å². The minimum absolute atomic E-state index is 0.139. The summed E-state index contributed by atoms with van der Waals surface area (Å²) in [5.41, 5.74) is 2.42. The number of hydrogen-bond acceptors (Lipinski definition) is 6. The molecule has 2 aromatic heterocycles. The molecule has 2 amide bonds. The molecule has 3 heterocycles. The van der Waals surface area contributed by atoms with Crippen LogP contribution in [0.3, 0.4) is 0 Å². The average Bonchev–Trinajstić information content (AvgIpc) is 2.98. The van der Waals surface area contributed by atoms with E-state index < -0.39 is 12.0 Å². The number of nitrogens with zero attached hydrogens (tertiary/aromatic N) is 3. The van der Waals surface area contributed by atoms with Crippen LogP contribution in [-0.2, 0) is 16.1 Å². The van der Waals surface area contributed by atoms with Gasteiger partial charge in [0, 0.05) is 18.4 Å². The van der Waals surface area contributed by atoms with Crippen molar-refractivity contribution in [3.63, 3.8) is 0 Å². The maximum Gasteiger partial charge on any atom is 0.354 e. The Morgan fingerprint density at radius 1 is 1.34 bits per heavy atom. The van der Waals surface area contributed by atoms with Crippen LogP contribution in [0.1, 0.15) is 56.5 Å². The molecule has 0 radical (unpaired) electrons. The van der Waals surface area contributed by atoms with Gasteiger partial charge in [-0.15, -0.1) is 0 Å². The van der Waals surface area contributed by atoms with Crippen LogP contribution in [0, 0.1) is 20.8 Å². The quantitative estimate of drug-likeness (QED) is 0.735. The number of amides is 2. The zero-order valence-corrected chi connectivity index (χ0v) is 17.0. The van der Waals surface area contributed by atoms with E-state index in [4.69, 9.17) is 4.74 Å². The summed E-state index contributed by atoms with van der Waals surface area (Å²) >= 11 is 0. The highest BCUT2D eigenvalue weighted by Gasteiger charge is 2.32. The number of rotatable bonds is 5. The topological polar surface area (TPSA) is 117 Å². The van der Waals surface area contributed by atoms with Crippen molar-refractivity contribution in [3.8, 4) is 0 Å². The Morgan fingerprint density at radius 2 is 2.10 bits per heavy atom. The number of esters is 1. The third kappa shape index (κ3) is 4.28. The number of H-pyrrole nitrogens is 1. The Morgan fingerprint density at radius 3 is 2.79 bits per heavy atom. The molecule has 1 saturated heterocycles. The van der Waals surface area contributed by atoms with E-state index >= 15 is 0 Å². The summed E-state index contributed by atoms with van der Waals surface area (Å²) in [6.45, 7) is 6.18. The summed E-state index contributed by atoms with van der Waals surface area (Å²) in [5.74, 6) is -0.411. The minimum atomic E-state index is -0.616. The Labute approximate surface area is 168 Å². The molecule has 0 aromatic carbocycles. The normalized spacial score (nSPS) is 16.6. The lowest BCUT2D eigenvalue weighted by atomic mass is 10.0. The van der Waals surface area contributed by atoms with Gasteiger partial charge in [0.05, 0.1) is 24.9 Å². The molecule has 9 heteroatoms. The third-order valence-electron chi connectivity index (χ3n) is 5.08. The number of carbonyl (C=O) groups is 3. The van der Waals surface area contributed by atoms with Crippen LogP contribution in [0.5, 0.6) is 0 Å². The van der Waals surface area contributed by atoms with Gasteiger partial charge in [0.2, 0.25) is 5.91 Å². The molecule has 9 nitrogen and oxygen atoms in total. The molecule has 1 atom stereocenters. The standard InChI is InChI=1S/C20H25N5O4/c1-11-16(12(2)22-17(11)20(28)29-4)18(26)24-15-6-5-9-25(19(15)27)10-14-7-8-21-13(3)23-14/h7-8,15,22H,5-6,9-10H2,1-4H3,(H,24,26). The predicted octanol–water partition coefficient (Wildman–Crippen LogP) is 1.44. The van der Waals surface area contributed by atoms with Crippen molar-refractivity contribution in [1.82, 2.24) is 25.2 Å². The van der Waals surface area contributed by atoms with E-state index in [-0.39, 0.29) is 17.5 Å². The molecule has 1 fully saturated rings. The monoisotopic (exact) mass is 399 g/mol. The van der Waals surface area contributed by atoms with Gasteiger partial charge in [0.25, 0.3) is 5.91 Å². The molecule has 0 saturated carbocycles. The van der Waals surface area contributed by atoms with Gasteiger partial charge in [-0.1, -0.05) is 0 Å². The Balaban J connectivity index is 1.73. The molecule has 0 spiro atoms. The molecule has 1 aliphatic rings. The van der Waals surface area contributed by atoms with Gasteiger partial charge in [0.1, 0.15) is 17.6 Å². The second-order valence-electron chi connectivity index (χ2n) is 7.14. The van der Waals surface area contributed by atoms with E-state index in [1.54, 1.807) is 37.9 Å². The third-order valence-corrected chi connectivity index (χ3v) is 5.08. The zero-order valence-electron chi connectivity index (χ0n) is 17.0. The molecule has 154 valence electrons. The molecule has 0 bridgehead atoms. The SMILES string of the molecule is COC(=O)c1[nH]c(C)c(C(=O)NC2CCCN(Cc3ccnc(C)n3)C2=O)c1C. The molecule has 1 unspecified atom stereocenters. The van der Waals surface area contributed by atoms with E-state index in [2.05, 4.69) is 20.3 Å². The second kappa shape index (κ2) is 8.42. The fraction of sp³-hybridized carbons (Fsp3) is 0.450. The van der Waals surface area contributed by atoms with Gasteiger partial charge in [-0.2, -0.15) is 0 Å². The van der Waals surface area contributed by atoms with Crippen molar-refractivity contribution in [2.45, 2.75) is 46.2 Å². The van der Waals surface area contributed by atoms with Gasteiger partial charge >= 0.3 is 5.97 Å². The largest absolute Gasteiger partial charge is 0.464 e. The minimum Gasteiger partial charge on any atom is -0.464 e. The van der Waals surface area contributed by atoms with Crippen molar-refractivity contribution >= 4 is 17.8 Å². The number of likely N-dealkylation sites (tertiary alicyclic amines) is 1. The van der Waals surface area contributed by atoms with E-state index in [1.165, 1.54) is 7.11 Å². The lowest BCUT2D eigenvalue weighted by Crippen LogP contribution is -2.52. The molecular formula is C20H25N5O4. The Hall–Kier alpha value is -3.23. The summed E-state index contributed by atoms with van der Waals surface area (Å²) in [7, 11) is 1.28. The average molecular weight is 399 g/mol. The van der Waals surface area contributed by atoms with Gasteiger partial charge in [0.15, 0.2) is 0 Å². The van der Waals surface area contributed by atoms with Crippen LogP contribution in [0.4, 0.5) is 0 Å². The molecule has 1 aliphatic heterocycles.